The molecule has 130 valence electrons. The van der Waals surface area contributed by atoms with E-state index in [1.165, 1.54) is 5.56 Å². The van der Waals surface area contributed by atoms with Gasteiger partial charge in [0.1, 0.15) is 0 Å². The number of hydrogen-bond donors (Lipinski definition) is 0. The smallest absolute Gasteiger partial charge is 0.253 e. The van der Waals surface area contributed by atoms with Crippen molar-refractivity contribution in [3.8, 4) is 0 Å². The first kappa shape index (κ1) is 17.2. The summed E-state index contributed by atoms with van der Waals surface area (Å²) < 4.78 is 0. The first-order valence-corrected chi connectivity index (χ1v) is 8.82. The lowest BCUT2D eigenvalue weighted by Gasteiger charge is -2.36. The molecule has 0 bridgehead atoms. The number of rotatable bonds is 4. The molecule has 0 radical (unpaired) electrons. The van der Waals surface area contributed by atoms with Crippen LogP contribution in [0.15, 0.2) is 48.5 Å². The number of nitrogens with zero attached hydrogens (tertiary/aromatic N) is 2. The highest BCUT2D eigenvalue weighted by atomic mass is 16.2. The molecule has 0 N–H and O–H groups in total. The number of carbonyl (C=O) groups is 2. The summed E-state index contributed by atoms with van der Waals surface area (Å²) in [7, 11) is 0. The van der Waals surface area contributed by atoms with Gasteiger partial charge in [0.05, 0.1) is 0 Å². The maximum Gasteiger partial charge on any atom is 0.253 e. The van der Waals surface area contributed by atoms with Crippen LogP contribution in [0.1, 0.15) is 40.1 Å². The van der Waals surface area contributed by atoms with E-state index < -0.39 is 0 Å². The van der Waals surface area contributed by atoms with Crippen LogP contribution < -0.4 is 4.90 Å². The lowest BCUT2D eigenvalue weighted by molar-refractivity contribution is 0.0746. The lowest BCUT2D eigenvalue weighted by atomic mass is 10.1. The van der Waals surface area contributed by atoms with Crippen LogP contribution in [-0.4, -0.2) is 42.8 Å². The zero-order valence-corrected chi connectivity index (χ0v) is 14.9. The molecule has 1 fully saturated rings. The van der Waals surface area contributed by atoms with E-state index in [2.05, 4.69) is 11.8 Å². The summed E-state index contributed by atoms with van der Waals surface area (Å²) in [5.41, 5.74) is 3.84. The fraction of sp³-hybridized carbons (Fsp3) is 0.333. The van der Waals surface area contributed by atoms with E-state index in [4.69, 9.17) is 0 Å². The highest BCUT2D eigenvalue weighted by Crippen LogP contribution is 2.19. The predicted molar refractivity (Wildman–Crippen MR) is 100 cm³/mol. The topological polar surface area (TPSA) is 40.6 Å². The zero-order valence-electron chi connectivity index (χ0n) is 14.9. The van der Waals surface area contributed by atoms with Gasteiger partial charge in [-0.2, -0.15) is 0 Å². The van der Waals surface area contributed by atoms with Crippen molar-refractivity contribution in [3.63, 3.8) is 0 Å². The van der Waals surface area contributed by atoms with Gasteiger partial charge in [-0.1, -0.05) is 19.1 Å². The Hall–Kier alpha value is -2.62. The van der Waals surface area contributed by atoms with Crippen LogP contribution in [0.25, 0.3) is 0 Å². The Kier molecular flexibility index (Phi) is 5.17. The van der Waals surface area contributed by atoms with Crippen molar-refractivity contribution in [3.05, 3.63) is 65.2 Å². The van der Waals surface area contributed by atoms with E-state index in [9.17, 15) is 9.59 Å². The van der Waals surface area contributed by atoms with Gasteiger partial charge in [-0.25, -0.2) is 0 Å². The minimum absolute atomic E-state index is 0.0797. The van der Waals surface area contributed by atoms with Gasteiger partial charge < -0.3 is 9.80 Å². The molecule has 4 heteroatoms. The first-order chi connectivity index (χ1) is 12.1. The van der Waals surface area contributed by atoms with Crippen LogP contribution in [0.4, 0.5) is 5.69 Å². The summed E-state index contributed by atoms with van der Waals surface area (Å²) in [5.74, 6) is 0.185. The van der Waals surface area contributed by atoms with Gasteiger partial charge in [0.25, 0.3) is 5.91 Å². The third kappa shape index (κ3) is 3.90. The molecule has 0 aliphatic carbocycles. The molecular formula is C21H24N2O2. The van der Waals surface area contributed by atoms with Crippen molar-refractivity contribution < 1.29 is 9.59 Å². The molecule has 2 aromatic carbocycles. The highest BCUT2D eigenvalue weighted by molar-refractivity contribution is 5.95. The van der Waals surface area contributed by atoms with Gasteiger partial charge in [-0.3, -0.25) is 9.59 Å². The third-order valence-corrected chi connectivity index (χ3v) is 4.81. The monoisotopic (exact) mass is 336 g/mol. The minimum Gasteiger partial charge on any atom is -0.368 e. The molecular weight excluding hydrogens is 312 g/mol. The molecule has 1 amide bonds. The fourth-order valence-corrected chi connectivity index (χ4v) is 3.14. The van der Waals surface area contributed by atoms with Gasteiger partial charge in [0.2, 0.25) is 0 Å². The van der Waals surface area contributed by atoms with Crippen molar-refractivity contribution in [1.82, 2.24) is 4.90 Å². The van der Waals surface area contributed by atoms with Gasteiger partial charge >= 0.3 is 0 Å². The van der Waals surface area contributed by atoms with E-state index in [-0.39, 0.29) is 11.7 Å². The second kappa shape index (κ2) is 7.51. The van der Waals surface area contributed by atoms with Gasteiger partial charge in [-0.05, 0) is 55.3 Å². The number of amides is 1. The predicted octanol–water partition coefficient (Wildman–Crippen LogP) is 3.41. The van der Waals surface area contributed by atoms with Crippen LogP contribution in [0.2, 0.25) is 0 Å². The zero-order chi connectivity index (χ0) is 17.8. The molecule has 25 heavy (non-hydrogen) atoms. The van der Waals surface area contributed by atoms with Gasteiger partial charge in [0, 0.05) is 43.0 Å². The van der Waals surface area contributed by atoms with Crippen LogP contribution in [0.3, 0.4) is 0 Å². The Morgan fingerprint density at radius 3 is 1.92 bits per heavy atom. The number of benzene rings is 2. The molecule has 1 heterocycles. The average molecular weight is 336 g/mol. The van der Waals surface area contributed by atoms with Crippen LogP contribution in [0, 0.1) is 0 Å². The second-order valence-corrected chi connectivity index (χ2v) is 6.43. The van der Waals surface area contributed by atoms with Crippen molar-refractivity contribution >= 4 is 17.4 Å². The Morgan fingerprint density at radius 2 is 1.40 bits per heavy atom. The number of carbonyl (C=O) groups excluding carboxylic acids is 2. The van der Waals surface area contributed by atoms with E-state index in [1.807, 2.05) is 53.4 Å². The van der Waals surface area contributed by atoms with Crippen molar-refractivity contribution in [2.45, 2.75) is 20.3 Å². The standard InChI is InChI=1S/C21H24N2O2/c1-3-17-4-6-19(7-5-17)21(25)23-14-12-22(13-15-23)20-10-8-18(9-11-20)16(2)24/h4-11H,3,12-15H2,1-2H3. The molecule has 0 saturated carbocycles. The summed E-state index contributed by atoms with van der Waals surface area (Å²) in [6, 6.07) is 15.6. The first-order valence-electron chi connectivity index (χ1n) is 8.82. The van der Waals surface area contributed by atoms with Crippen molar-refractivity contribution in [1.29, 1.82) is 0 Å². The van der Waals surface area contributed by atoms with E-state index >= 15 is 0 Å². The quantitative estimate of drug-likeness (QED) is 0.803. The van der Waals surface area contributed by atoms with Crippen LogP contribution in [0.5, 0.6) is 0 Å². The average Bonchev–Trinajstić information content (AvgIpc) is 2.67. The van der Waals surface area contributed by atoms with Crippen molar-refractivity contribution in [2.24, 2.45) is 0 Å². The normalized spacial score (nSPS) is 14.5. The second-order valence-electron chi connectivity index (χ2n) is 6.43. The summed E-state index contributed by atoms with van der Waals surface area (Å²) in [5, 5.41) is 0. The van der Waals surface area contributed by atoms with Gasteiger partial charge in [-0.15, -0.1) is 0 Å². The Labute approximate surface area is 149 Å². The van der Waals surface area contributed by atoms with E-state index in [1.54, 1.807) is 6.92 Å². The lowest BCUT2D eigenvalue weighted by Crippen LogP contribution is -2.48. The summed E-state index contributed by atoms with van der Waals surface area (Å²) in [4.78, 5) is 28.2. The Morgan fingerprint density at radius 1 is 0.840 bits per heavy atom. The number of hydrogen-bond acceptors (Lipinski definition) is 3. The largest absolute Gasteiger partial charge is 0.368 e. The molecule has 0 unspecified atom stereocenters. The van der Waals surface area contributed by atoms with Crippen molar-refractivity contribution in [2.75, 3.05) is 31.1 Å². The molecule has 0 atom stereocenters. The maximum atomic E-state index is 12.6. The molecule has 3 rings (SSSR count). The number of aryl methyl sites for hydroxylation is 1. The molecule has 1 saturated heterocycles. The Bertz CT molecular complexity index is 742. The molecule has 4 nitrogen and oxygen atoms in total. The fourth-order valence-electron chi connectivity index (χ4n) is 3.14. The molecule has 1 aliphatic heterocycles. The van der Waals surface area contributed by atoms with Crippen LogP contribution in [-0.2, 0) is 6.42 Å². The molecule has 2 aromatic rings. The van der Waals surface area contributed by atoms with E-state index in [0.29, 0.717) is 13.1 Å². The minimum atomic E-state index is 0.0797. The SMILES string of the molecule is CCc1ccc(C(=O)N2CCN(c3ccc(C(C)=O)cc3)CC2)cc1. The molecule has 0 spiro atoms. The summed E-state index contributed by atoms with van der Waals surface area (Å²) >= 11 is 0. The number of piperazine rings is 1. The summed E-state index contributed by atoms with van der Waals surface area (Å²) in [6.45, 7) is 6.72. The maximum absolute atomic E-state index is 12.6. The number of ketones is 1. The molecule has 1 aliphatic rings. The number of anilines is 1. The number of Topliss-reactive ketones (excluding diaryl/α,β-unsaturated/α-hetero) is 1. The summed E-state index contributed by atoms with van der Waals surface area (Å²) in [6.07, 6.45) is 0.982. The van der Waals surface area contributed by atoms with Crippen LogP contribution >= 0.6 is 0 Å². The third-order valence-electron chi connectivity index (χ3n) is 4.81. The van der Waals surface area contributed by atoms with E-state index in [0.717, 1.165) is 36.3 Å². The van der Waals surface area contributed by atoms with Gasteiger partial charge in [0.15, 0.2) is 5.78 Å². The molecule has 0 aromatic heterocycles. The Balaban J connectivity index is 1.60. The highest BCUT2D eigenvalue weighted by Gasteiger charge is 2.22.